The second-order valence-electron chi connectivity index (χ2n) is 4.69. The van der Waals surface area contributed by atoms with Gasteiger partial charge in [0, 0.05) is 11.8 Å². The maximum Gasteiger partial charge on any atom is 0.129 e. The Hall–Kier alpha value is -1.29. The second kappa shape index (κ2) is 5.48. The van der Waals surface area contributed by atoms with Crippen LogP contribution in [-0.2, 0) is 5.88 Å². The van der Waals surface area contributed by atoms with E-state index in [1.54, 1.807) is 25.1 Å². The van der Waals surface area contributed by atoms with Crippen molar-refractivity contribution in [3.8, 4) is 5.69 Å². The molecular weight excluding hydrogens is 334 g/mol. The van der Waals surface area contributed by atoms with Crippen LogP contribution in [0.4, 0.5) is 4.39 Å². The van der Waals surface area contributed by atoms with Crippen LogP contribution in [0, 0.1) is 12.7 Å². The Labute approximate surface area is 136 Å². The largest absolute Gasteiger partial charge is 0.295 e. The van der Waals surface area contributed by atoms with Crippen molar-refractivity contribution in [1.82, 2.24) is 9.55 Å². The summed E-state index contributed by atoms with van der Waals surface area (Å²) in [6.45, 7) is 1.71. The van der Waals surface area contributed by atoms with Gasteiger partial charge in [0.25, 0.3) is 0 Å². The van der Waals surface area contributed by atoms with Crippen LogP contribution in [0.5, 0.6) is 0 Å². The lowest BCUT2D eigenvalue weighted by atomic mass is 10.2. The molecule has 0 fully saturated rings. The van der Waals surface area contributed by atoms with E-state index < -0.39 is 0 Å². The average molecular weight is 344 g/mol. The summed E-state index contributed by atoms with van der Waals surface area (Å²) in [5, 5.41) is 0.912. The number of nitrogens with zero attached hydrogens (tertiary/aromatic N) is 2. The molecule has 0 saturated heterocycles. The molecule has 6 heteroatoms. The second-order valence-corrected chi connectivity index (χ2v) is 5.77. The summed E-state index contributed by atoms with van der Waals surface area (Å²) in [6.07, 6.45) is 0. The van der Waals surface area contributed by atoms with E-state index in [1.165, 1.54) is 6.07 Å². The maximum absolute atomic E-state index is 13.7. The van der Waals surface area contributed by atoms with Gasteiger partial charge in [0.05, 0.1) is 27.0 Å². The minimum Gasteiger partial charge on any atom is -0.295 e. The van der Waals surface area contributed by atoms with Gasteiger partial charge in [-0.15, -0.1) is 11.6 Å². The standard InChI is InChI=1S/C15H10Cl3FN2/c1-8-4-14-13(6-12(8)19)20-15(7-16)21(14)9-2-3-10(17)11(18)5-9/h2-6H,7H2,1H3. The van der Waals surface area contributed by atoms with Crippen molar-refractivity contribution in [3.63, 3.8) is 0 Å². The fourth-order valence-corrected chi connectivity index (χ4v) is 2.73. The molecule has 2 aromatic carbocycles. The van der Waals surface area contributed by atoms with Crippen LogP contribution in [-0.4, -0.2) is 9.55 Å². The van der Waals surface area contributed by atoms with E-state index >= 15 is 0 Å². The molecule has 2 nitrogen and oxygen atoms in total. The van der Waals surface area contributed by atoms with Gasteiger partial charge < -0.3 is 0 Å². The summed E-state index contributed by atoms with van der Waals surface area (Å²) in [7, 11) is 0. The first kappa shape index (κ1) is 14.6. The molecule has 3 aromatic rings. The molecule has 0 aliphatic heterocycles. The molecule has 108 valence electrons. The van der Waals surface area contributed by atoms with E-state index in [9.17, 15) is 4.39 Å². The van der Waals surface area contributed by atoms with Gasteiger partial charge in [0.2, 0.25) is 0 Å². The Balaban J connectivity index is 2.34. The lowest BCUT2D eigenvalue weighted by molar-refractivity contribution is 0.620. The predicted octanol–water partition coefficient (Wildman–Crippen LogP) is 5.52. The number of hydrogen-bond donors (Lipinski definition) is 0. The molecule has 0 N–H and O–H groups in total. The number of benzene rings is 2. The lowest BCUT2D eigenvalue weighted by Crippen LogP contribution is -1.99. The minimum atomic E-state index is -0.289. The number of halogens is 4. The molecule has 0 unspecified atom stereocenters. The van der Waals surface area contributed by atoms with Crippen molar-refractivity contribution in [2.24, 2.45) is 0 Å². The van der Waals surface area contributed by atoms with Gasteiger partial charge in [-0.2, -0.15) is 0 Å². The molecule has 0 spiro atoms. The van der Waals surface area contributed by atoms with Crippen molar-refractivity contribution in [3.05, 3.63) is 57.6 Å². The monoisotopic (exact) mass is 342 g/mol. The molecular formula is C15H10Cl3FN2. The third kappa shape index (κ3) is 2.50. The molecule has 1 heterocycles. The molecule has 21 heavy (non-hydrogen) atoms. The summed E-state index contributed by atoms with van der Waals surface area (Å²) in [5.74, 6) is 0.535. The van der Waals surface area contributed by atoms with Crippen LogP contribution in [0.1, 0.15) is 11.4 Å². The van der Waals surface area contributed by atoms with Gasteiger partial charge in [-0.05, 0) is 36.8 Å². The van der Waals surface area contributed by atoms with Crippen LogP contribution >= 0.6 is 34.8 Å². The van der Waals surface area contributed by atoms with Gasteiger partial charge >= 0.3 is 0 Å². The quantitative estimate of drug-likeness (QED) is 0.560. The molecule has 0 atom stereocenters. The molecule has 0 amide bonds. The first-order valence-electron chi connectivity index (χ1n) is 6.20. The van der Waals surface area contributed by atoms with E-state index in [1.807, 2.05) is 10.6 Å². The highest BCUT2D eigenvalue weighted by Crippen LogP contribution is 2.29. The molecule has 0 aliphatic rings. The fourth-order valence-electron chi connectivity index (χ4n) is 2.25. The van der Waals surface area contributed by atoms with Gasteiger partial charge in [-0.25, -0.2) is 9.37 Å². The highest BCUT2D eigenvalue weighted by molar-refractivity contribution is 6.42. The number of imidazole rings is 1. The molecule has 0 bridgehead atoms. The summed E-state index contributed by atoms with van der Waals surface area (Å²) in [5.41, 5.74) is 2.67. The average Bonchev–Trinajstić information content (AvgIpc) is 2.80. The highest BCUT2D eigenvalue weighted by Gasteiger charge is 2.14. The number of alkyl halides is 1. The maximum atomic E-state index is 13.7. The van der Waals surface area contributed by atoms with Crippen LogP contribution in [0.15, 0.2) is 30.3 Å². The summed E-state index contributed by atoms with van der Waals surface area (Å²) in [6, 6.07) is 8.42. The van der Waals surface area contributed by atoms with Crippen molar-refractivity contribution >= 4 is 45.8 Å². The Morgan fingerprint density at radius 1 is 1.14 bits per heavy atom. The van der Waals surface area contributed by atoms with Crippen LogP contribution in [0.25, 0.3) is 16.7 Å². The lowest BCUT2D eigenvalue weighted by Gasteiger charge is -2.09. The third-order valence-electron chi connectivity index (χ3n) is 3.29. The number of fused-ring (bicyclic) bond motifs is 1. The molecule has 0 aliphatic carbocycles. The van der Waals surface area contributed by atoms with Crippen LogP contribution in [0.3, 0.4) is 0 Å². The van der Waals surface area contributed by atoms with Crippen LogP contribution < -0.4 is 0 Å². The number of hydrogen-bond acceptors (Lipinski definition) is 1. The minimum absolute atomic E-state index is 0.204. The number of rotatable bonds is 2. The van der Waals surface area contributed by atoms with E-state index in [0.717, 1.165) is 11.2 Å². The van der Waals surface area contributed by atoms with Gasteiger partial charge in [0.15, 0.2) is 0 Å². The third-order valence-corrected chi connectivity index (χ3v) is 4.26. The Morgan fingerprint density at radius 3 is 2.57 bits per heavy atom. The summed E-state index contributed by atoms with van der Waals surface area (Å²) in [4.78, 5) is 4.38. The molecule has 1 aromatic heterocycles. The smallest absolute Gasteiger partial charge is 0.129 e. The molecule has 3 rings (SSSR count). The first-order valence-corrected chi connectivity index (χ1v) is 7.49. The first-order chi connectivity index (χ1) is 10.0. The normalized spacial score (nSPS) is 11.3. The summed E-state index contributed by atoms with van der Waals surface area (Å²) < 4.78 is 15.6. The van der Waals surface area contributed by atoms with Gasteiger partial charge in [-0.3, -0.25) is 4.57 Å². The number of aromatic nitrogens is 2. The van der Waals surface area contributed by atoms with Crippen molar-refractivity contribution in [1.29, 1.82) is 0 Å². The van der Waals surface area contributed by atoms with Gasteiger partial charge in [-0.1, -0.05) is 23.2 Å². The van der Waals surface area contributed by atoms with E-state index in [2.05, 4.69) is 4.98 Å². The zero-order chi connectivity index (χ0) is 15.1. The predicted molar refractivity (Wildman–Crippen MR) is 85.3 cm³/mol. The van der Waals surface area contributed by atoms with Crippen LogP contribution in [0.2, 0.25) is 10.0 Å². The zero-order valence-electron chi connectivity index (χ0n) is 11.0. The molecule has 0 saturated carbocycles. The van der Waals surface area contributed by atoms with E-state index in [0.29, 0.717) is 26.9 Å². The van der Waals surface area contributed by atoms with Crippen molar-refractivity contribution in [2.45, 2.75) is 12.8 Å². The topological polar surface area (TPSA) is 17.8 Å². The van der Waals surface area contributed by atoms with E-state index in [4.69, 9.17) is 34.8 Å². The molecule has 0 radical (unpaired) electrons. The summed E-state index contributed by atoms with van der Waals surface area (Å²) >= 11 is 18.0. The fraction of sp³-hybridized carbons (Fsp3) is 0.133. The van der Waals surface area contributed by atoms with Crippen molar-refractivity contribution in [2.75, 3.05) is 0 Å². The van der Waals surface area contributed by atoms with E-state index in [-0.39, 0.29) is 11.7 Å². The Kier molecular flexibility index (Phi) is 3.82. The number of aryl methyl sites for hydroxylation is 1. The Bertz CT molecular complexity index is 843. The zero-order valence-corrected chi connectivity index (χ0v) is 13.3. The van der Waals surface area contributed by atoms with Gasteiger partial charge in [0.1, 0.15) is 11.6 Å². The SMILES string of the molecule is Cc1cc2c(cc1F)nc(CCl)n2-c1ccc(Cl)c(Cl)c1. The van der Waals surface area contributed by atoms with Crippen molar-refractivity contribution < 1.29 is 4.39 Å². The Morgan fingerprint density at radius 2 is 1.90 bits per heavy atom. The highest BCUT2D eigenvalue weighted by atomic mass is 35.5.